The molecule has 0 saturated carbocycles. The van der Waals surface area contributed by atoms with Gasteiger partial charge in [0.25, 0.3) is 0 Å². The molecule has 1 aromatic carbocycles. The van der Waals surface area contributed by atoms with Gasteiger partial charge >= 0.3 is 0 Å². The van der Waals surface area contributed by atoms with Crippen LogP contribution in [0.25, 0.3) is 0 Å². The molecule has 88 valence electrons. The summed E-state index contributed by atoms with van der Waals surface area (Å²) in [5, 5.41) is 0. The molecular formula is C12H14F2O2. The highest BCUT2D eigenvalue weighted by Gasteiger charge is 2.11. The van der Waals surface area contributed by atoms with Crippen molar-refractivity contribution in [2.24, 2.45) is 5.92 Å². The van der Waals surface area contributed by atoms with Gasteiger partial charge in [0.2, 0.25) is 5.82 Å². The van der Waals surface area contributed by atoms with E-state index in [-0.39, 0.29) is 11.3 Å². The zero-order chi connectivity index (χ0) is 12.1. The second kappa shape index (κ2) is 5.58. The number of carbonyl (C=O) groups excluding carboxylic acids is 1. The Bertz CT molecular complexity index is 376. The van der Waals surface area contributed by atoms with Crippen LogP contribution in [0.4, 0.5) is 8.78 Å². The van der Waals surface area contributed by atoms with E-state index in [9.17, 15) is 13.6 Å². The molecule has 1 aromatic rings. The Balaban J connectivity index is 2.78. The number of hydrogen-bond acceptors (Lipinski definition) is 2. The monoisotopic (exact) mass is 228 g/mol. The lowest BCUT2D eigenvalue weighted by Gasteiger charge is -2.09. The highest BCUT2D eigenvalue weighted by Crippen LogP contribution is 2.22. The maximum Gasteiger partial charge on any atom is 0.200 e. The molecule has 0 N–H and O–H groups in total. The lowest BCUT2D eigenvalue weighted by atomic mass is 10.1. The van der Waals surface area contributed by atoms with Gasteiger partial charge in [-0.2, -0.15) is 4.39 Å². The van der Waals surface area contributed by atoms with Crippen molar-refractivity contribution in [1.82, 2.24) is 0 Å². The van der Waals surface area contributed by atoms with E-state index in [1.165, 1.54) is 6.07 Å². The van der Waals surface area contributed by atoms with Crippen LogP contribution in [0.3, 0.4) is 0 Å². The highest BCUT2D eigenvalue weighted by molar-refractivity contribution is 5.75. The molecule has 4 heteroatoms. The van der Waals surface area contributed by atoms with Gasteiger partial charge in [0.1, 0.15) is 6.29 Å². The van der Waals surface area contributed by atoms with Crippen LogP contribution in [0.15, 0.2) is 12.1 Å². The van der Waals surface area contributed by atoms with Crippen molar-refractivity contribution < 1.29 is 18.3 Å². The summed E-state index contributed by atoms with van der Waals surface area (Å²) >= 11 is 0. The first-order valence-electron chi connectivity index (χ1n) is 5.11. The second-order valence-electron chi connectivity index (χ2n) is 3.96. The van der Waals surface area contributed by atoms with Gasteiger partial charge in [0.05, 0.1) is 6.61 Å². The van der Waals surface area contributed by atoms with E-state index < -0.39 is 11.6 Å². The van der Waals surface area contributed by atoms with Crippen LogP contribution in [0, 0.1) is 17.6 Å². The number of ether oxygens (including phenoxy) is 1. The fourth-order valence-corrected chi connectivity index (χ4v) is 1.16. The third-order valence-electron chi connectivity index (χ3n) is 2.11. The Morgan fingerprint density at radius 3 is 2.62 bits per heavy atom. The van der Waals surface area contributed by atoms with Gasteiger partial charge in [-0.25, -0.2) is 4.39 Å². The predicted octanol–water partition coefficient (Wildman–Crippen LogP) is 3.20. The predicted molar refractivity (Wildman–Crippen MR) is 56.7 cm³/mol. The largest absolute Gasteiger partial charge is 0.490 e. The fourth-order valence-electron chi connectivity index (χ4n) is 1.16. The molecule has 0 unspecified atom stereocenters. The van der Waals surface area contributed by atoms with Crippen molar-refractivity contribution in [3.8, 4) is 5.75 Å². The van der Waals surface area contributed by atoms with E-state index in [4.69, 9.17) is 4.74 Å². The molecule has 0 atom stereocenters. The van der Waals surface area contributed by atoms with E-state index in [2.05, 4.69) is 0 Å². The molecule has 0 saturated heterocycles. The minimum Gasteiger partial charge on any atom is -0.490 e. The number of aldehydes is 1. The second-order valence-corrected chi connectivity index (χ2v) is 3.96. The van der Waals surface area contributed by atoms with Crippen LogP contribution in [0.5, 0.6) is 5.75 Å². The molecule has 0 aromatic heterocycles. The molecule has 0 aliphatic carbocycles. The smallest absolute Gasteiger partial charge is 0.200 e. The van der Waals surface area contributed by atoms with Crippen molar-refractivity contribution in [2.75, 3.05) is 6.61 Å². The Hall–Kier alpha value is -1.45. The highest BCUT2D eigenvalue weighted by atomic mass is 19.2. The van der Waals surface area contributed by atoms with Crippen molar-refractivity contribution >= 4 is 6.29 Å². The summed E-state index contributed by atoms with van der Waals surface area (Å²) in [6.45, 7) is 4.31. The Morgan fingerprint density at radius 2 is 2.06 bits per heavy atom. The lowest BCUT2D eigenvalue weighted by Crippen LogP contribution is -2.04. The van der Waals surface area contributed by atoms with E-state index in [1.54, 1.807) is 0 Å². The average Bonchev–Trinajstić information content (AvgIpc) is 2.23. The van der Waals surface area contributed by atoms with Gasteiger partial charge in [0, 0.05) is 5.56 Å². The molecule has 16 heavy (non-hydrogen) atoms. The minimum absolute atomic E-state index is 0.0680. The molecule has 0 aliphatic heterocycles. The molecule has 0 aliphatic rings. The maximum absolute atomic E-state index is 13.2. The number of benzene rings is 1. The van der Waals surface area contributed by atoms with Crippen molar-refractivity contribution in [3.05, 3.63) is 29.3 Å². The van der Waals surface area contributed by atoms with Crippen molar-refractivity contribution in [1.29, 1.82) is 0 Å². The number of carbonyl (C=O) groups is 1. The van der Waals surface area contributed by atoms with Crippen molar-refractivity contribution in [2.45, 2.75) is 20.3 Å². The fraction of sp³-hybridized carbons (Fsp3) is 0.417. The van der Waals surface area contributed by atoms with Crippen LogP contribution in [0.2, 0.25) is 0 Å². The summed E-state index contributed by atoms with van der Waals surface area (Å²) in [7, 11) is 0. The zero-order valence-electron chi connectivity index (χ0n) is 9.30. The Morgan fingerprint density at radius 1 is 1.38 bits per heavy atom. The van der Waals surface area contributed by atoms with E-state index in [0.29, 0.717) is 18.8 Å². The first kappa shape index (κ1) is 12.6. The maximum atomic E-state index is 13.2. The van der Waals surface area contributed by atoms with Gasteiger partial charge < -0.3 is 4.74 Å². The summed E-state index contributed by atoms with van der Waals surface area (Å²) in [4.78, 5) is 10.5. The normalized spacial score (nSPS) is 10.6. The molecule has 1 rings (SSSR count). The topological polar surface area (TPSA) is 26.3 Å². The number of halogens is 2. The molecule has 0 spiro atoms. The van der Waals surface area contributed by atoms with Gasteiger partial charge in [-0.15, -0.1) is 0 Å². The summed E-state index contributed by atoms with van der Waals surface area (Å²) < 4.78 is 31.3. The zero-order valence-corrected chi connectivity index (χ0v) is 9.30. The SMILES string of the molecule is CC(C)CCOc1cc(C=O)cc(F)c1F. The summed E-state index contributed by atoms with van der Waals surface area (Å²) in [5.41, 5.74) is 0.0680. The van der Waals surface area contributed by atoms with E-state index in [1.807, 2.05) is 13.8 Å². The number of hydrogen-bond donors (Lipinski definition) is 0. The van der Waals surface area contributed by atoms with Crippen LogP contribution >= 0.6 is 0 Å². The van der Waals surface area contributed by atoms with Crippen LogP contribution in [-0.4, -0.2) is 12.9 Å². The van der Waals surface area contributed by atoms with Crippen molar-refractivity contribution in [3.63, 3.8) is 0 Å². The molecule has 2 nitrogen and oxygen atoms in total. The molecule has 0 fully saturated rings. The van der Waals surface area contributed by atoms with E-state index >= 15 is 0 Å². The summed E-state index contributed by atoms with van der Waals surface area (Å²) in [6.07, 6.45) is 1.20. The molecule has 0 radical (unpaired) electrons. The van der Waals surface area contributed by atoms with Crippen LogP contribution in [0.1, 0.15) is 30.6 Å². The Labute approximate surface area is 93.2 Å². The first-order valence-corrected chi connectivity index (χ1v) is 5.11. The van der Waals surface area contributed by atoms with Crippen LogP contribution in [-0.2, 0) is 0 Å². The van der Waals surface area contributed by atoms with E-state index in [0.717, 1.165) is 12.5 Å². The number of rotatable bonds is 5. The first-order chi connectivity index (χ1) is 7.54. The lowest BCUT2D eigenvalue weighted by molar-refractivity contribution is 0.112. The molecule has 0 bridgehead atoms. The summed E-state index contributed by atoms with van der Waals surface area (Å²) in [6, 6.07) is 2.05. The minimum atomic E-state index is -1.07. The molecular weight excluding hydrogens is 214 g/mol. The standard InChI is InChI=1S/C12H14F2O2/c1-8(2)3-4-16-11-6-9(7-15)5-10(13)12(11)14/h5-8H,3-4H2,1-2H3. The molecule has 0 heterocycles. The Kier molecular flexibility index (Phi) is 4.40. The summed E-state index contributed by atoms with van der Waals surface area (Å²) in [5.74, 6) is -1.90. The quantitative estimate of drug-likeness (QED) is 0.723. The van der Waals surface area contributed by atoms with Gasteiger partial charge in [-0.05, 0) is 24.5 Å². The van der Waals surface area contributed by atoms with Crippen LogP contribution < -0.4 is 4.74 Å². The molecule has 0 amide bonds. The third kappa shape index (κ3) is 3.29. The van der Waals surface area contributed by atoms with Gasteiger partial charge in [-0.3, -0.25) is 4.79 Å². The van der Waals surface area contributed by atoms with Gasteiger partial charge in [0.15, 0.2) is 11.6 Å². The third-order valence-corrected chi connectivity index (χ3v) is 2.11. The average molecular weight is 228 g/mol. The van der Waals surface area contributed by atoms with Gasteiger partial charge in [-0.1, -0.05) is 13.8 Å².